The van der Waals surface area contributed by atoms with Crippen LogP contribution in [0.2, 0.25) is 0 Å². The Hall–Kier alpha value is -3.87. The monoisotopic (exact) mass is 391 g/mol. The summed E-state index contributed by atoms with van der Waals surface area (Å²) in [5.41, 5.74) is 2.91. The van der Waals surface area contributed by atoms with E-state index in [2.05, 4.69) is 15.5 Å². The lowest BCUT2D eigenvalue weighted by molar-refractivity contribution is -0.115. The van der Waals surface area contributed by atoms with Gasteiger partial charge in [-0.05, 0) is 28.8 Å². The summed E-state index contributed by atoms with van der Waals surface area (Å²) >= 11 is 0. The Balaban J connectivity index is 1.41. The third-order valence-corrected chi connectivity index (χ3v) is 4.26. The van der Waals surface area contributed by atoms with E-state index in [9.17, 15) is 13.6 Å². The van der Waals surface area contributed by atoms with Crippen LogP contribution in [0.25, 0.3) is 22.6 Å². The van der Waals surface area contributed by atoms with E-state index in [1.54, 1.807) is 0 Å². The number of aromatic nitrogens is 2. The summed E-state index contributed by atoms with van der Waals surface area (Å²) in [5.74, 6) is -2.04. The molecule has 0 radical (unpaired) electrons. The molecule has 1 heterocycles. The molecule has 0 saturated carbocycles. The molecule has 0 saturated heterocycles. The average molecular weight is 391 g/mol. The van der Waals surface area contributed by atoms with Gasteiger partial charge in [-0.2, -0.15) is 0 Å². The second-order valence-electron chi connectivity index (χ2n) is 6.32. The van der Waals surface area contributed by atoms with E-state index in [0.717, 1.165) is 28.8 Å². The van der Waals surface area contributed by atoms with Crippen LogP contribution < -0.4 is 5.32 Å². The van der Waals surface area contributed by atoms with Crippen molar-refractivity contribution in [1.29, 1.82) is 0 Å². The van der Waals surface area contributed by atoms with Gasteiger partial charge in [0.2, 0.25) is 5.91 Å². The zero-order valence-electron chi connectivity index (χ0n) is 15.1. The number of carbonyl (C=O) groups is 1. The van der Waals surface area contributed by atoms with Crippen molar-refractivity contribution in [3.63, 3.8) is 0 Å². The first kappa shape index (κ1) is 18.5. The van der Waals surface area contributed by atoms with Crippen molar-refractivity contribution in [1.82, 2.24) is 10.2 Å². The van der Waals surface area contributed by atoms with Crippen LogP contribution in [0.15, 0.2) is 77.2 Å². The largest absolute Gasteiger partial charge is 0.403 e. The molecule has 0 bridgehead atoms. The Bertz CT molecular complexity index is 1140. The smallest absolute Gasteiger partial charge is 0.322 e. The normalized spacial score (nSPS) is 10.7. The maximum Gasteiger partial charge on any atom is 0.322 e. The van der Waals surface area contributed by atoms with Gasteiger partial charge in [0.05, 0.1) is 12.0 Å². The zero-order valence-corrected chi connectivity index (χ0v) is 15.1. The molecule has 4 rings (SSSR count). The summed E-state index contributed by atoms with van der Waals surface area (Å²) in [6, 6.07) is 20.4. The lowest BCUT2D eigenvalue weighted by atomic mass is 10.0. The van der Waals surface area contributed by atoms with Gasteiger partial charge in [-0.15, -0.1) is 5.10 Å². The Kier molecular flexibility index (Phi) is 5.11. The number of nitrogens with zero attached hydrogens (tertiary/aromatic N) is 2. The molecule has 0 aliphatic carbocycles. The van der Waals surface area contributed by atoms with E-state index in [0.29, 0.717) is 0 Å². The summed E-state index contributed by atoms with van der Waals surface area (Å²) in [6.45, 7) is 0. The van der Waals surface area contributed by atoms with Crippen molar-refractivity contribution in [2.75, 3.05) is 5.32 Å². The molecule has 0 aliphatic rings. The fraction of sp³-hybridized carbons (Fsp3) is 0.0455. The fourth-order valence-corrected chi connectivity index (χ4v) is 2.84. The number of hydrogen-bond acceptors (Lipinski definition) is 4. The molecule has 0 fully saturated rings. The molecule has 4 aromatic rings. The van der Waals surface area contributed by atoms with Crippen LogP contribution >= 0.6 is 0 Å². The highest BCUT2D eigenvalue weighted by Gasteiger charge is 2.15. The molecule has 5 nitrogen and oxygen atoms in total. The van der Waals surface area contributed by atoms with Gasteiger partial charge in [0, 0.05) is 6.07 Å². The molecule has 3 aromatic carbocycles. The van der Waals surface area contributed by atoms with Gasteiger partial charge in [0.1, 0.15) is 11.6 Å². The van der Waals surface area contributed by atoms with E-state index in [1.165, 1.54) is 6.07 Å². The topological polar surface area (TPSA) is 68.0 Å². The standard InChI is InChI=1S/C22H15F2N3O2/c23-17-10-11-18(19(24)13-17)21-26-27-22(29-21)25-20(28)12-14-6-8-16(9-7-14)15-4-2-1-3-5-15/h1-11,13H,12H2,(H,25,27,28). The molecule has 0 unspecified atom stereocenters. The Morgan fingerprint density at radius 2 is 1.62 bits per heavy atom. The molecule has 1 N–H and O–H groups in total. The Morgan fingerprint density at radius 3 is 2.34 bits per heavy atom. The van der Waals surface area contributed by atoms with Gasteiger partial charge >= 0.3 is 6.01 Å². The summed E-state index contributed by atoms with van der Waals surface area (Å²) in [7, 11) is 0. The quantitative estimate of drug-likeness (QED) is 0.527. The molecule has 1 aromatic heterocycles. The van der Waals surface area contributed by atoms with Crippen LogP contribution in [-0.4, -0.2) is 16.1 Å². The molecule has 0 aliphatic heterocycles. The van der Waals surface area contributed by atoms with Gasteiger partial charge < -0.3 is 4.42 Å². The first-order valence-electron chi connectivity index (χ1n) is 8.81. The molecular formula is C22H15F2N3O2. The summed E-state index contributed by atoms with van der Waals surface area (Å²) in [5, 5.41) is 9.85. The number of rotatable bonds is 5. The highest BCUT2D eigenvalue weighted by atomic mass is 19.1. The van der Waals surface area contributed by atoms with Crippen molar-refractivity contribution in [3.05, 3.63) is 90.0 Å². The number of nitrogens with one attached hydrogen (secondary N) is 1. The van der Waals surface area contributed by atoms with Crippen molar-refractivity contribution in [2.24, 2.45) is 0 Å². The van der Waals surface area contributed by atoms with Crippen LogP contribution in [0.3, 0.4) is 0 Å². The van der Waals surface area contributed by atoms with Crippen LogP contribution in [0.1, 0.15) is 5.56 Å². The molecule has 0 spiro atoms. The maximum atomic E-state index is 13.8. The second-order valence-corrected chi connectivity index (χ2v) is 6.32. The lowest BCUT2D eigenvalue weighted by Gasteiger charge is -2.04. The number of anilines is 1. The van der Waals surface area contributed by atoms with Gasteiger partial charge in [0.25, 0.3) is 5.89 Å². The molecular weight excluding hydrogens is 376 g/mol. The summed E-state index contributed by atoms with van der Waals surface area (Å²) < 4.78 is 32.1. The van der Waals surface area contributed by atoms with Crippen LogP contribution in [0.4, 0.5) is 14.8 Å². The fourth-order valence-electron chi connectivity index (χ4n) is 2.84. The number of halogens is 2. The zero-order chi connectivity index (χ0) is 20.2. The van der Waals surface area contributed by atoms with Gasteiger partial charge in [0.15, 0.2) is 0 Å². The summed E-state index contributed by atoms with van der Waals surface area (Å²) in [4.78, 5) is 12.2. The van der Waals surface area contributed by atoms with Gasteiger partial charge in [-0.25, -0.2) is 8.78 Å². The van der Waals surface area contributed by atoms with Crippen molar-refractivity contribution >= 4 is 11.9 Å². The molecule has 0 atom stereocenters. The molecule has 29 heavy (non-hydrogen) atoms. The first-order chi connectivity index (χ1) is 14.1. The van der Waals surface area contributed by atoms with E-state index in [1.807, 2.05) is 54.6 Å². The molecule has 7 heteroatoms. The number of carbonyl (C=O) groups excluding carboxylic acids is 1. The van der Waals surface area contributed by atoms with E-state index in [-0.39, 0.29) is 29.8 Å². The van der Waals surface area contributed by atoms with Crippen LogP contribution in [-0.2, 0) is 11.2 Å². The van der Waals surface area contributed by atoms with Crippen molar-refractivity contribution < 1.29 is 18.0 Å². The minimum Gasteiger partial charge on any atom is -0.403 e. The minimum atomic E-state index is -0.829. The minimum absolute atomic E-state index is 0.0455. The predicted molar refractivity (Wildman–Crippen MR) is 104 cm³/mol. The Morgan fingerprint density at radius 1 is 0.897 bits per heavy atom. The average Bonchev–Trinajstić information content (AvgIpc) is 3.17. The summed E-state index contributed by atoms with van der Waals surface area (Å²) in [6.07, 6.45) is 0.109. The van der Waals surface area contributed by atoms with Crippen LogP contribution in [0.5, 0.6) is 0 Å². The number of amides is 1. The van der Waals surface area contributed by atoms with E-state index >= 15 is 0 Å². The molecule has 144 valence electrons. The third kappa shape index (κ3) is 4.35. The molecule has 1 amide bonds. The van der Waals surface area contributed by atoms with Crippen molar-refractivity contribution in [2.45, 2.75) is 6.42 Å². The van der Waals surface area contributed by atoms with E-state index < -0.39 is 11.6 Å². The Labute approximate surface area is 165 Å². The second kappa shape index (κ2) is 8.02. The lowest BCUT2D eigenvalue weighted by Crippen LogP contribution is -2.14. The highest BCUT2D eigenvalue weighted by Crippen LogP contribution is 2.24. The third-order valence-electron chi connectivity index (χ3n) is 4.26. The van der Waals surface area contributed by atoms with Gasteiger partial charge in [-0.1, -0.05) is 59.7 Å². The SMILES string of the molecule is O=C(Cc1ccc(-c2ccccc2)cc1)Nc1nnc(-c2ccc(F)cc2F)o1. The van der Waals surface area contributed by atoms with E-state index in [4.69, 9.17) is 4.42 Å². The number of hydrogen-bond donors (Lipinski definition) is 1. The predicted octanol–water partition coefficient (Wildman–Crippen LogP) is 4.86. The highest BCUT2D eigenvalue weighted by molar-refractivity contribution is 5.90. The van der Waals surface area contributed by atoms with Gasteiger partial charge in [-0.3, -0.25) is 10.1 Å². The maximum absolute atomic E-state index is 13.8. The van der Waals surface area contributed by atoms with Crippen LogP contribution in [0, 0.1) is 11.6 Å². The number of benzene rings is 3. The van der Waals surface area contributed by atoms with Crippen molar-refractivity contribution in [3.8, 4) is 22.6 Å². The first-order valence-corrected chi connectivity index (χ1v) is 8.81.